The molecule has 15 nitrogen and oxygen atoms in total. The van der Waals surface area contributed by atoms with Crippen LogP contribution in [0, 0.1) is 5.82 Å². The quantitative estimate of drug-likeness (QED) is 0.113. The minimum Gasteiger partial charge on any atom is -0.506 e. The number of hydrogen-bond acceptors (Lipinski definition) is 10. The second kappa shape index (κ2) is 14.1. The largest absolute Gasteiger partial charge is 0.506 e. The number of phenols is 1. The fraction of sp³-hybridized carbons (Fsp3) is 0.361. The number of hydrogen-bond donors (Lipinski definition) is 4. The number of nitrogens with zero attached hydrogens (tertiary/aromatic N) is 5. The van der Waals surface area contributed by atoms with Gasteiger partial charge in [-0.25, -0.2) is 18.2 Å². The normalized spacial score (nSPS) is 20.2. The van der Waals surface area contributed by atoms with Crippen molar-refractivity contribution in [2.24, 2.45) is 17.8 Å². The van der Waals surface area contributed by atoms with Crippen LogP contribution in [0.1, 0.15) is 55.2 Å². The van der Waals surface area contributed by atoms with Crippen molar-refractivity contribution in [2.45, 2.75) is 44.1 Å². The van der Waals surface area contributed by atoms with Crippen LogP contribution in [0.2, 0.25) is 0 Å². The summed E-state index contributed by atoms with van der Waals surface area (Å²) in [5.41, 5.74) is 8.64. The highest BCUT2D eigenvalue weighted by Crippen LogP contribution is 2.39. The molecule has 17 heteroatoms. The summed E-state index contributed by atoms with van der Waals surface area (Å²) in [6, 6.07) is 11.3. The predicted octanol–water partition coefficient (Wildman–Crippen LogP) is 2.14. The van der Waals surface area contributed by atoms with Crippen molar-refractivity contribution in [1.29, 1.82) is 0 Å². The number of rotatable bonds is 9. The molecule has 53 heavy (non-hydrogen) atoms. The molecule has 0 saturated carbocycles. The number of benzene rings is 3. The van der Waals surface area contributed by atoms with Gasteiger partial charge < -0.3 is 15.7 Å². The number of phenolic OH excluding ortho intramolecular Hbond substituents is 1. The molecule has 4 heterocycles. The Hall–Kier alpha value is -5.55. The fourth-order valence-corrected chi connectivity index (χ4v) is 8.67. The molecule has 0 aliphatic carbocycles. The van der Waals surface area contributed by atoms with Crippen LogP contribution >= 0.6 is 0 Å². The molecule has 1 atom stereocenters. The lowest BCUT2D eigenvalue weighted by molar-refractivity contribution is -0.135. The van der Waals surface area contributed by atoms with Crippen LogP contribution in [0.15, 0.2) is 58.5 Å². The molecular weight excluding hydrogens is 708 g/mol. The topological polar surface area (TPSA) is 201 Å². The zero-order valence-corrected chi connectivity index (χ0v) is 29.7. The molecule has 1 unspecified atom stereocenters. The lowest BCUT2D eigenvalue weighted by atomic mass is 9.89. The number of aliphatic imine (C=N–C) groups is 1. The third-order valence-electron chi connectivity index (χ3n) is 10.3. The van der Waals surface area contributed by atoms with Gasteiger partial charge in [0.2, 0.25) is 11.8 Å². The Morgan fingerprint density at radius 3 is 2.51 bits per heavy atom. The van der Waals surface area contributed by atoms with Gasteiger partial charge in [0.05, 0.1) is 11.0 Å². The molecule has 3 aliphatic rings. The molecule has 3 fully saturated rings. The van der Waals surface area contributed by atoms with Gasteiger partial charge in [-0.3, -0.25) is 33.8 Å². The lowest BCUT2D eigenvalue weighted by Crippen LogP contribution is -2.44. The highest BCUT2D eigenvalue weighted by atomic mass is 32.2. The number of imidazole rings is 1. The minimum absolute atomic E-state index is 0.0376. The third kappa shape index (κ3) is 6.77. The first-order chi connectivity index (χ1) is 25.4. The summed E-state index contributed by atoms with van der Waals surface area (Å²) in [5.74, 6) is -2.89. The van der Waals surface area contributed by atoms with E-state index in [2.05, 4.69) is 15.2 Å². The van der Waals surface area contributed by atoms with Crippen LogP contribution in [0.3, 0.4) is 0 Å². The highest BCUT2D eigenvalue weighted by Gasteiger charge is 2.38. The van der Waals surface area contributed by atoms with E-state index in [1.165, 1.54) is 22.9 Å². The Morgan fingerprint density at radius 1 is 1.04 bits per heavy atom. The monoisotopic (exact) mass is 746 g/mol. The van der Waals surface area contributed by atoms with E-state index < -0.39 is 51.9 Å². The maximum Gasteiger partial charge on any atom is 0.329 e. The van der Waals surface area contributed by atoms with E-state index in [0.29, 0.717) is 45.2 Å². The summed E-state index contributed by atoms with van der Waals surface area (Å²) in [5, 5.41) is 13.2. The van der Waals surface area contributed by atoms with Crippen LogP contribution in [-0.2, 0) is 31.6 Å². The standard InChI is InChI=1S/C36H39FN8O7S/c1-42-29-16-23(5-6-27(29)45(36(42)50)28-7-8-31(47)40-35(28)49)21-9-13-43(14-10-21)12-2-11-39-19-25(18-38)22-3-4-24-17-30(46)34(33(37)26(24)15-22)44-20-32(48)41-53(44,51)52/h3-6,15-19,21,28,46H,2,7-14,20,38H2,1H3,(H,41,48)(H,40,47,49). The van der Waals surface area contributed by atoms with Gasteiger partial charge in [-0.1, -0.05) is 18.2 Å². The van der Waals surface area contributed by atoms with Crippen molar-refractivity contribution in [3.63, 3.8) is 0 Å². The van der Waals surface area contributed by atoms with Gasteiger partial charge in [0, 0.05) is 43.4 Å². The first kappa shape index (κ1) is 35.8. The molecule has 0 spiro atoms. The number of aromatic hydroxyl groups is 1. The van der Waals surface area contributed by atoms with Gasteiger partial charge in [0.1, 0.15) is 24.0 Å². The molecule has 1 aromatic heterocycles. The van der Waals surface area contributed by atoms with Crippen molar-refractivity contribution in [3.05, 3.63) is 76.1 Å². The zero-order valence-electron chi connectivity index (χ0n) is 28.9. The van der Waals surface area contributed by atoms with Crippen LogP contribution in [-0.4, -0.2) is 84.2 Å². The predicted molar refractivity (Wildman–Crippen MR) is 197 cm³/mol. The maximum absolute atomic E-state index is 15.7. The van der Waals surface area contributed by atoms with Crippen molar-refractivity contribution in [2.75, 3.05) is 37.0 Å². The van der Waals surface area contributed by atoms with E-state index in [1.807, 2.05) is 18.2 Å². The smallest absolute Gasteiger partial charge is 0.329 e. The number of amides is 3. The van der Waals surface area contributed by atoms with Crippen LogP contribution in [0.5, 0.6) is 5.75 Å². The third-order valence-corrected chi connectivity index (χ3v) is 11.7. The van der Waals surface area contributed by atoms with Crippen molar-refractivity contribution in [3.8, 4) is 5.75 Å². The molecule has 7 rings (SSSR count). The average molecular weight is 747 g/mol. The Labute approximate surface area is 303 Å². The number of carbonyl (C=O) groups excluding carboxylic acids is 3. The Balaban J connectivity index is 0.947. The Bertz CT molecular complexity index is 2400. The number of nitrogens with one attached hydrogen (secondary N) is 2. The first-order valence-corrected chi connectivity index (χ1v) is 18.8. The number of nitrogens with two attached hydrogens (primary N) is 1. The second-order valence-corrected chi connectivity index (χ2v) is 15.2. The molecule has 5 N–H and O–H groups in total. The number of piperidine rings is 2. The summed E-state index contributed by atoms with van der Waals surface area (Å²) in [4.78, 5) is 56.0. The van der Waals surface area contributed by atoms with Crippen LogP contribution < -0.4 is 25.8 Å². The van der Waals surface area contributed by atoms with E-state index >= 15 is 4.39 Å². The minimum atomic E-state index is -4.34. The number of carbonyl (C=O) groups is 3. The van der Waals surface area contributed by atoms with Gasteiger partial charge >= 0.3 is 15.9 Å². The van der Waals surface area contributed by atoms with E-state index in [1.54, 1.807) is 34.7 Å². The molecule has 3 aliphatic heterocycles. The number of halogens is 1. The van der Waals surface area contributed by atoms with E-state index in [-0.39, 0.29) is 23.4 Å². The number of allylic oxidation sites excluding steroid dienone is 1. The number of anilines is 1. The van der Waals surface area contributed by atoms with E-state index in [0.717, 1.165) is 50.0 Å². The molecule has 0 radical (unpaired) electrons. The molecule has 278 valence electrons. The molecule has 3 saturated heterocycles. The van der Waals surface area contributed by atoms with Gasteiger partial charge in [-0.2, -0.15) is 8.42 Å². The molecular formula is C36H39FN8O7S. The van der Waals surface area contributed by atoms with Gasteiger partial charge in [0.25, 0.3) is 5.91 Å². The highest BCUT2D eigenvalue weighted by molar-refractivity contribution is 7.92. The van der Waals surface area contributed by atoms with Crippen LogP contribution in [0.25, 0.3) is 27.4 Å². The average Bonchev–Trinajstić information content (AvgIpc) is 3.54. The fourth-order valence-electron chi connectivity index (χ4n) is 7.51. The first-order valence-electron chi connectivity index (χ1n) is 17.3. The Morgan fingerprint density at radius 2 is 1.81 bits per heavy atom. The summed E-state index contributed by atoms with van der Waals surface area (Å²) >= 11 is 0. The number of imide groups is 1. The summed E-state index contributed by atoms with van der Waals surface area (Å²) in [6.45, 7) is 2.53. The summed E-state index contributed by atoms with van der Waals surface area (Å²) in [7, 11) is -2.64. The number of fused-ring (bicyclic) bond motifs is 2. The van der Waals surface area contributed by atoms with Crippen LogP contribution in [0.4, 0.5) is 10.1 Å². The lowest BCUT2D eigenvalue weighted by Gasteiger charge is -2.32. The molecule has 0 bridgehead atoms. The van der Waals surface area contributed by atoms with Gasteiger partial charge in [-0.15, -0.1) is 0 Å². The van der Waals surface area contributed by atoms with Crippen molar-refractivity contribution >= 4 is 67.2 Å². The van der Waals surface area contributed by atoms with Gasteiger partial charge in [0.15, 0.2) is 5.82 Å². The molecule has 3 aromatic carbocycles. The Kier molecular flexibility index (Phi) is 9.54. The number of aromatic nitrogens is 2. The number of likely N-dealkylation sites (tertiary alicyclic amines) is 1. The van der Waals surface area contributed by atoms with Crippen molar-refractivity contribution < 1.29 is 32.3 Å². The summed E-state index contributed by atoms with van der Waals surface area (Å²) < 4.78 is 45.7. The summed E-state index contributed by atoms with van der Waals surface area (Å²) in [6.07, 6.45) is 6.14. The van der Waals surface area contributed by atoms with E-state index in [9.17, 15) is 32.7 Å². The number of aryl methyl sites for hydroxylation is 1. The SMILES string of the molecule is Cn1c(=O)n(C2CCC(=O)NC2=O)c2ccc(C3CCN(CCCN=CC(=CN)c4ccc5cc(O)c(N6CC(=O)NS6(=O)=O)c(F)c5c4)CC3)cc21. The van der Waals surface area contributed by atoms with Crippen molar-refractivity contribution in [1.82, 2.24) is 24.1 Å². The van der Waals surface area contributed by atoms with E-state index in [4.69, 9.17) is 5.73 Å². The zero-order chi connectivity index (χ0) is 37.6. The second-order valence-electron chi connectivity index (χ2n) is 13.6. The maximum atomic E-state index is 15.7. The molecule has 3 amide bonds. The molecule has 4 aromatic rings. The van der Waals surface area contributed by atoms with Gasteiger partial charge in [-0.05, 0) is 92.0 Å².